The molecule has 0 atom stereocenters. The molecule has 1 aliphatic rings. The van der Waals surface area contributed by atoms with Crippen molar-refractivity contribution in [2.24, 2.45) is 0 Å². The molecule has 0 saturated carbocycles. The van der Waals surface area contributed by atoms with Crippen LogP contribution in [0.5, 0.6) is 0 Å². The zero-order valence-corrected chi connectivity index (χ0v) is 11.2. The average Bonchev–Trinajstić information content (AvgIpc) is 3.09. The molecule has 1 aliphatic carbocycles. The summed E-state index contributed by atoms with van der Waals surface area (Å²) >= 11 is 0. The van der Waals surface area contributed by atoms with Gasteiger partial charge >= 0.3 is 5.97 Å². The molecule has 104 valence electrons. The predicted octanol–water partition coefficient (Wildman–Crippen LogP) is 1.38. The lowest BCUT2D eigenvalue weighted by Gasteiger charge is -2.02. The first-order valence-electron chi connectivity index (χ1n) is 6.50. The number of esters is 1. The van der Waals surface area contributed by atoms with Gasteiger partial charge in [0.05, 0.1) is 18.5 Å². The number of fused-ring (bicyclic) bond motifs is 5. The topological polar surface area (TPSA) is 76.5 Å². The van der Waals surface area contributed by atoms with Crippen LogP contribution in [0.15, 0.2) is 35.3 Å². The number of methoxy groups -OCH3 is 1. The lowest BCUT2D eigenvalue weighted by Crippen LogP contribution is -2.13. The molecule has 6 heteroatoms. The Morgan fingerprint density at radius 2 is 2.19 bits per heavy atom. The minimum absolute atomic E-state index is 0.132. The van der Waals surface area contributed by atoms with E-state index in [4.69, 9.17) is 0 Å². The number of benzene rings is 1. The van der Waals surface area contributed by atoms with Gasteiger partial charge in [0.1, 0.15) is 0 Å². The summed E-state index contributed by atoms with van der Waals surface area (Å²) in [5, 5.41) is 0. The minimum Gasteiger partial charge on any atom is -0.464 e. The summed E-state index contributed by atoms with van der Waals surface area (Å²) in [6, 6.07) is 7.90. The Morgan fingerprint density at radius 1 is 1.38 bits per heavy atom. The van der Waals surface area contributed by atoms with Gasteiger partial charge in [-0.2, -0.15) is 0 Å². The van der Waals surface area contributed by atoms with Crippen molar-refractivity contribution in [1.82, 2.24) is 14.4 Å². The smallest absolute Gasteiger partial charge is 0.358 e. The highest BCUT2D eigenvalue weighted by atomic mass is 16.5. The summed E-state index contributed by atoms with van der Waals surface area (Å²) in [4.78, 5) is 30.7. The van der Waals surface area contributed by atoms with E-state index in [1.165, 1.54) is 7.11 Å². The van der Waals surface area contributed by atoms with Crippen LogP contribution in [0.1, 0.15) is 21.7 Å². The second kappa shape index (κ2) is 4.05. The van der Waals surface area contributed by atoms with E-state index in [0.29, 0.717) is 6.42 Å². The van der Waals surface area contributed by atoms with E-state index in [0.717, 1.165) is 22.5 Å². The number of nitrogens with one attached hydrogen (secondary N) is 1. The first-order valence-corrected chi connectivity index (χ1v) is 6.50. The molecule has 1 N–H and O–H groups in total. The van der Waals surface area contributed by atoms with E-state index in [9.17, 15) is 9.59 Å². The van der Waals surface area contributed by atoms with Gasteiger partial charge in [0.15, 0.2) is 5.69 Å². The molecule has 0 unspecified atom stereocenters. The van der Waals surface area contributed by atoms with Gasteiger partial charge in [0.2, 0.25) is 5.65 Å². The number of ether oxygens (including phenoxy) is 1. The Labute approximate surface area is 119 Å². The summed E-state index contributed by atoms with van der Waals surface area (Å²) < 4.78 is 6.34. The van der Waals surface area contributed by atoms with E-state index < -0.39 is 5.97 Å². The Hall–Kier alpha value is -2.89. The summed E-state index contributed by atoms with van der Waals surface area (Å²) in [5.74, 6) is -0.553. The first kappa shape index (κ1) is 11.9. The van der Waals surface area contributed by atoms with Crippen molar-refractivity contribution in [1.29, 1.82) is 0 Å². The number of hydrogen-bond acceptors (Lipinski definition) is 4. The third-order valence-corrected chi connectivity index (χ3v) is 3.77. The monoisotopic (exact) mass is 281 g/mol. The van der Waals surface area contributed by atoms with Gasteiger partial charge in [-0.15, -0.1) is 0 Å². The Bertz CT molecular complexity index is 952. The highest BCUT2D eigenvalue weighted by Gasteiger charge is 2.24. The van der Waals surface area contributed by atoms with Gasteiger partial charge in [-0.3, -0.25) is 9.20 Å². The van der Waals surface area contributed by atoms with Gasteiger partial charge in [-0.05, 0) is 5.56 Å². The van der Waals surface area contributed by atoms with E-state index in [2.05, 4.69) is 14.7 Å². The molecule has 1 aromatic carbocycles. The molecule has 2 heterocycles. The van der Waals surface area contributed by atoms with E-state index >= 15 is 0 Å². The van der Waals surface area contributed by atoms with Crippen molar-refractivity contribution >= 4 is 11.6 Å². The molecule has 21 heavy (non-hydrogen) atoms. The molecule has 4 rings (SSSR count). The van der Waals surface area contributed by atoms with E-state index in [1.54, 1.807) is 10.6 Å². The SMILES string of the molecule is COC(=O)c1cn2c3c([nH]c(=O)c2n1)-c1ccccc1C3. The van der Waals surface area contributed by atoms with Crippen LogP contribution in [0.2, 0.25) is 0 Å². The molecule has 0 amide bonds. The lowest BCUT2D eigenvalue weighted by molar-refractivity contribution is 0.0595. The van der Waals surface area contributed by atoms with Crippen molar-refractivity contribution in [2.75, 3.05) is 7.11 Å². The standard InChI is InChI=1S/C15H11N3O3/c1-21-15(20)10-7-18-11-6-8-4-2-3-5-9(8)12(11)17-14(19)13(18)16-10/h2-5,7H,6H2,1H3,(H,17,19). The van der Waals surface area contributed by atoms with Crippen LogP contribution in [0, 0.1) is 0 Å². The fourth-order valence-electron chi connectivity index (χ4n) is 2.81. The molecule has 2 aromatic heterocycles. The fourth-order valence-corrected chi connectivity index (χ4v) is 2.81. The Balaban J connectivity index is 2.04. The Morgan fingerprint density at radius 3 is 3.00 bits per heavy atom. The van der Waals surface area contributed by atoms with Crippen LogP contribution < -0.4 is 5.56 Å². The van der Waals surface area contributed by atoms with Gasteiger partial charge < -0.3 is 9.72 Å². The molecule has 0 fully saturated rings. The van der Waals surface area contributed by atoms with Crippen LogP contribution in [0.4, 0.5) is 0 Å². The summed E-state index contributed by atoms with van der Waals surface area (Å²) in [7, 11) is 1.29. The second-order valence-corrected chi connectivity index (χ2v) is 4.92. The van der Waals surface area contributed by atoms with Crippen molar-refractivity contribution in [3.8, 4) is 11.3 Å². The van der Waals surface area contributed by atoms with Gasteiger partial charge in [-0.25, -0.2) is 9.78 Å². The maximum Gasteiger partial charge on any atom is 0.358 e. The van der Waals surface area contributed by atoms with Gasteiger partial charge in [0, 0.05) is 18.2 Å². The molecule has 0 radical (unpaired) electrons. The molecule has 0 spiro atoms. The van der Waals surface area contributed by atoms with Crippen LogP contribution in [0.3, 0.4) is 0 Å². The first-order chi connectivity index (χ1) is 10.2. The average molecular weight is 281 g/mol. The van der Waals surface area contributed by atoms with Crippen molar-refractivity contribution < 1.29 is 9.53 Å². The predicted molar refractivity (Wildman–Crippen MR) is 75.4 cm³/mol. The molecule has 6 nitrogen and oxygen atoms in total. The second-order valence-electron chi connectivity index (χ2n) is 4.92. The number of carbonyl (C=O) groups excluding carboxylic acids is 1. The van der Waals surface area contributed by atoms with Gasteiger partial charge in [-0.1, -0.05) is 24.3 Å². The van der Waals surface area contributed by atoms with Gasteiger partial charge in [0.25, 0.3) is 5.56 Å². The van der Waals surface area contributed by atoms with E-state index in [1.807, 2.05) is 24.3 Å². The lowest BCUT2D eigenvalue weighted by atomic mass is 10.1. The minimum atomic E-state index is -0.553. The number of H-pyrrole nitrogens is 1. The number of aromatic nitrogens is 3. The molecular formula is C15H11N3O3. The molecular weight excluding hydrogens is 270 g/mol. The molecule has 3 aromatic rings. The van der Waals surface area contributed by atoms with Crippen LogP contribution in [-0.4, -0.2) is 27.4 Å². The summed E-state index contributed by atoms with van der Waals surface area (Å²) in [6.45, 7) is 0. The van der Waals surface area contributed by atoms with Crippen LogP contribution >= 0.6 is 0 Å². The zero-order chi connectivity index (χ0) is 14.6. The number of rotatable bonds is 1. The normalized spacial score (nSPS) is 12.2. The van der Waals surface area contributed by atoms with E-state index in [-0.39, 0.29) is 16.9 Å². The van der Waals surface area contributed by atoms with Crippen molar-refractivity contribution in [2.45, 2.75) is 6.42 Å². The zero-order valence-electron chi connectivity index (χ0n) is 11.2. The van der Waals surface area contributed by atoms with Crippen LogP contribution in [-0.2, 0) is 11.2 Å². The molecule has 0 saturated heterocycles. The highest BCUT2D eigenvalue weighted by Crippen LogP contribution is 2.34. The summed E-state index contributed by atoms with van der Waals surface area (Å²) in [6.07, 6.45) is 2.25. The summed E-state index contributed by atoms with van der Waals surface area (Å²) in [5.41, 5.74) is 3.89. The van der Waals surface area contributed by atoms with Crippen molar-refractivity contribution in [3.63, 3.8) is 0 Å². The number of imidazole rings is 1. The fraction of sp³-hybridized carbons (Fsp3) is 0.133. The number of hydrogen-bond donors (Lipinski definition) is 1. The molecule has 0 bridgehead atoms. The largest absolute Gasteiger partial charge is 0.464 e. The highest BCUT2D eigenvalue weighted by molar-refractivity contribution is 5.88. The number of nitrogens with zero attached hydrogens (tertiary/aromatic N) is 2. The number of aromatic amines is 1. The Kier molecular flexibility index (Phi) is 2.29. The maximum atomic E-state index is 12.2. The van der Waals surface area contributed by atoms with Crippen molar-refractivity contribution in [3.05, 3.63) is 57.8 Å². The maximum absolute atomic E-state index is 12.2. The quantitative estimate of drug-likeness (QED) is 0.535. The third-order valence-electron chi connectivity index (χ3n) is 3.77. The van der Waals surface area contributed by atoms with Crippen LogP contribution in [0.25, 0.3) is 16.9 Å². The molecule has 0 aliphatic heterocycles. The number of carbonyl (C=O) groups is 1. The third kappa shape index (κ3) is 1.56.